The van der Waals surface area contributed by atoms with Gasteiger partial charge in [0.1, 0.15) is 11.9 Å². The van der Waals surface area contributed by atoms with E-state index in [4.69, 9.17) is 10.5 Å². The van der Waals surface area contributed by atoms with E-state index in [1.54, 1.807) is 0 Å². The van der Waals surface area contributed by atoms with Gasteiger partial charge in [0.25, 0.3) is 0 Å². The molecule has 1 aliphatic heterocycles. The Labute approximate surface area is 120 Å². The Morgan fingerprint density at radius 2 is 1.67 bits per heavy atom. The van der Waals surface area contributed by atoms with E-state index < -0.39 is 11.7 Å². The molecule has 2 N–H and O–H groups in total. The molecule has 2 nitrogen and oxygen atoms in total. The summed E-state index contributed by atoms with van der Waals surface area (Å²) in [5.74, 6) is 0.696. The maximum atomic E-state index is 12.6. The number of ether oxygens (including phenoxy) is 1. The van der Waals surface area contributed by atoms with Gasteiger partial charge in [-0.3, -0.25) is 0 Å². The number of alkyl halides is 3. The van der Waals surface area contributed by atoms with E-state index in [0.717, 1.165) is 17.7 Å². The number of halogens is 3. The lowest BCUT2D eigenvalue weighted by Gasteiger charge is -2.30. The summed E-state index contributed by atoms with van der Waals surface area (Å²) in [5.41, 5.74) is 7.09. The minimum absolute atomic E-state index is 0.178. The first kappa shape index (κ1) is 13.9. The normalized spacial score (nSPS) is 21.5. The molecular formula is C16H14F3NO. The van der Waals surface area contributed by atoms with Crippen LogP contribution in [0.2, 0.25) is 0 Å². The van der Waals surface area contributed by atoms with Crippen LogP contribution in [0.25, 0.3) is 0 Å². The predicted octanol–water partition coefficient (Wildman–Crippen LogP) is 4.23. The van der Waals surface area contributed by atoms with Gasteiger partial charge >= 0.3 is 6.18 Å². The maximum absolute atomic E-state index is 12.6. The van der Waals surface area contributed by atoms with Gasteiger partial charge in [0.2, 0.25) is 0 Å². The smallest absolute Gasteiger partial charge is 0.416 e. The molecule has 0 fully saturated rings. The summed E-state index contributed by atoms with van der Waals surface area (Å²) in [6.07, 6.45) is -4.10. The second-order valence-corrected chi connectivity index (χ2v) is 5.11. The molecule has 21 heavy (non-hydrogen) atoms. The van der Waals surface area contributed by atoms with E-state index in [1.165, 1.54) is 12.1 Å². The molecule has 5 heteroatoms. The van der Waals surface area contributed by atoms with Gasteiger partial charge in [-0.25, -0.2) is 0 Å². The predicted molar refractivity (Wildman–Crippen MR) is 72.8 cm³/mol. The first-order valence-corrected chi connectivity index (χ1v) is 6.63. The molecule has 1 aliphatic rings. The van der Waals surface area contributed by atoms with Crippen molar-refractivity contribution in [1.29, 1.82) is 0 Å². The van der Waals surface area contributed by atoms with Crippen LogP contribution < -0.4 is 10.5 Å². The van der Waals surface area contributed by atoms with Gasteiger partial charge in [-0.1, -0.05) is 30.3 Å². The van der Waals surface area contributed by atoms with Crippen LogP contribution in [-0.2, 0) is 6.18 Å². The molecule has 0 saturated carbocycles. The summed E-state index contributed by atoms with van der Waals surface area (Å²) < 4.78 is 43.6. The second kappa shape index (κ2) is 5.07. The summed E-state index contributed by atoms with van der Waals surface area (Å²) in [4.78, 5) is 0. The highest BCUT2D eigenvalue weighted by Crippen LogP contribution is 2.40. The Hall–Kier alpha value is -2.01. The third-order valence-electron chi connectivity index (χ3n) is 3.67. The Balaban J connectivity index is 1.86. The van der Waals surface area contributed by atoms with Gasteiger partial charge in [-0.2, -0.15) is 13.2 Å². The maximum Gasteiger partial charge on any atom is 0.416 e. The Bertz CT molecular complexity index is 637. The van der Waals surface area contributed by atoms with Gasteiger partial charge in [-0.15, -0.1) is 0 Å². The number of hydrogen-bond acceptors (Lipinski definition) is 2. The van der Waals surface area contributed by atoms with Crippen molar-refractivity contribution in [3.05, 3.63) is 65.2 Å². The van der Waals surface area contributed by atoms with Crippen molar-refractivity contribution in [1.82, 2.24) is 0 Å². The molecule has 1 unspecified atom stereocenters. The number of nitrogens with two attached hydrogens (primary N) is 1. The van der Waals surface area contributed by atoms with Crippen LogP contribution in [0.5, 0.6) is 5.75 Å². The highest BCUT2D eigenvalue weighted by molar-refractivity contribution is 5.39. The summed E-state index contributed by atoms with van der Waals surface area (Å²) in [6.45, 7) is 0. The van der Waals surface area contributed by atoms with Crippen molar-refractivity contribution in [3.8, 4) is 5.75 Å². The SMILES string of the molecule is N[C@H]1CC(c2ccc(C(F)(F)F)cc2)Oc2ccccc21. The van der Waals surface area contributed by atoms with Gasteiger partial charge in [0, 0.05) is 18.0 Å². The fourth-order valence-corrected chi connectivity index (χ4v) is 2.54. The molecule has 2 aromatic carbocycles. The number of rotatable bonds is 1. The van der Waals surface area contributed by atoms with Crippen molar-refractivity contribution >= 4 is 0 Å². The van der Waals surface area contributed by atoms with Crippen molar-refractivity contribution in [3.63, 3.8) is 0 Å². The van der Waals surface area contributed by atoms with E-state index >= 15 is 0 Å². The van der Waals surface area contributed by atoms with Crippen molar-refractivity contribution < 1.29 is 17.9 Å². The average molecular weight is 293 g/mol. The monoisotopic (exact) mass is 293 g/mol. The molecule has 0 amide bonds. The first-order valence-electron chi connectivity index (χ1n) is 6.63. The first-order chi connectivity index (χ1) is 9.95. The van der Waals surface area contributed by atoms with Crippen LogP contribution in [0.15, 0.2) is 48.5 Å². The lowest BCUT2D eigenvalue weighted by atomic mass is 9.93. The average Bonchev–Trinajstić information content (AvgIpc) is 2.46. The summed E-state index contributed by atoms with van der Waals surface area (Å²) in [6, 6.07) is 12.3. The number of benzene rings is 2. The summed E-state index contributed by atoms with van der Waals surface area (Å²) >= 11 is 0. The quantitative estimate of drug-likeness (QED) is 0.854. The van der Waals surface area contributed by atoms with Crippen molar-refractivity contribution in [2.45, 2.75) is 24.7 Å². The zero-order valence-electron chi connectivity index (χ0n) is 11.1. The van der Waals surface area contributed by atoms with Gasteiger partial charge in [0.15, 0.2) is 0 Å². The van der Waals surface area contributed by atoms with Crippen LogP contribution in [-0.4, -0.2) is 0 Å². The fraction of sp³-hybridized carbons (Fsp3) is 0.250. The zero-order chi connectivity index (χ0) is 15.0. The van der Waals surface area contributed by atoms with Gasteiger partial charge in [0.05, 0.1) is 5.56 Å². The molecule has 110 valence electrons. The molecule has 3 rings (SSSR count). The van der Waals surface area contributed by atoms with E-state index in [0.29, 0.717) is 17.7 Å². The van der Waals surface area contributed by atoms with Crippen molar-refractivity contribution in [2.75, 3.05) is 0 Å². The van der Waals surface area contributed by atoms with Crippen molar-refractivity contribution in [2.24, 2.45) is 5.73 Å². The van der Waals surface area contributed by atoms with Crippen LogP contribution in [0.4, 0.5) is 13.2 Å². The van der Waals surface area contributed by atoms with Gasteiger partial charge in [-0.05, 0) is 23.8 Å². The van der Waals surface area contributed by atoms with Crippen LogP contribution in [0.3, 0.4) is 0 Å². The largest absolute Gasteiger partial charge is 0.485 e. The lowest BCUT2D eigenvalue weighted by molar-refractivity contribution is -0.137. The van der Waals surface area contributed by atoms with E-state index in [1.807, 2.05) is 24.3 Å². The highest BCUT2D eigenvalue weighted by atomic mass is 19.4. The molecule has 1 heterocycles. The van der Waals surface area contributed by atoms with Crippen LogP contribution in [0, 0.1) is 0 Å². The van der Waals surface area contributed by atoms with E-state index in [-0.39, 0.29) is 12.1 Å². The van der Waals surface area contributed by atoms with Crippen LogP contribution >= 0.6 is 0 Å². The Kier molecular flexibility index (Phi) is 3.37. The number of para-hydroxylation sites is 1. The number of fused-ring (bicyclic) bond motifs is 1. The third kappa shape index (κ3) is 2.74. The fourth-order valence-electron chi connectivity index (χ4n) is 2.54. The minimum Gasteiger partial charge on any atom is -0.485 e. The Morgan fingerprint density at radius 1 is 1.00 bits per heavy atom. The summed E-state index contributed by atoms with van der Waals surface area (Å²) in [5, 5.41) is 0. The minimum atomic E-state index is -4.32. The van der Waals surface area contributed by atoms with E-state index in [2.05, 4.69) is 0 Å². The summed E-state index contributed by atoms with van der Waals surface area (Å²) in [7, 11) is 0. The lowest BCUT2D eigenvalue weighted by Crippen LogP contribution is -2.24. The molecule has 0 radical (unpaired) electrons. The molecule has 0 saturated heterocycles. The number of hydrogen-bond donors (Lipinski definition) is 1. The van der Waals surface area contributed by atoms with Crippen LogP contribution in [0.1, 0.15) is 35.3 Å². The van der Waals surface area contributed by atoms with E-state index in [9.17, 15) is 13.2 Å². The third-order valence-corrected chi connectivity index (χ3v) is 3.67. The molecule has 0 aliphatic carbocycles. The second-order valence-electron chi connectivity index (χ2n) is 5.11. The molecule has 0 bridgehead atoms. The zero-order valence-corrected chi connectivity index (χ0v) is 11.1. The Morgan fingerprint density at radius 3 is 2.33 bits per heavy atom. The molecular weight excluding hydrogens is 279 g/mol. The molecule has 0 spiro atoms. The topological polar surface area (TPSA) is 35.2 Å². The molecule has 2 atom stereocenters. The highest BCUT2D eigenvalue weighted by Gasteiger charge is 2.31. The molecule has 2 aromatic rings. The standard InChI is InChI=1S/C16H14F3NO/c17-16(18,19)11-7-5-10(6-8-11)15-9-13(20)12-3-1-2-4-14(12)21-15/h1-8,13,15H,9,20H2/t13-,15?/m0/s1. The molecule has 0 aromatic heterocycles. The van der Waals surface area contributed by atoms with Gasteiger partial charge < -0.3 is 10.5 Å².